The van der Waals surface area contributed by atoms with Crippen molar-refractivity contribution >= 4 is 5.91 Å². The first-order valence-corrected chi connectivity index (χ1v) is 7.56. The minimum absolute atomic E-state index is 0.0496. The number of carbonyl (C=O) groups excluding carboxylic acids is 1. The van der Waals surface area contributed by atoms with Gasteiger partial charge in [0.15, 0.2) is 0 Å². The Hall–Kier alpha value is -1.90. The van der Waals surface area contributed by atoms with E-state index in [0.717, 1.165) is 29.8 Å². The molecule has 0 amide bonds. The van der Waals surface area contributed by atoms with E-state index in [0.29, 0.717) is 11.5 Å². The Balaban J connectivity index is 2.30. The normalized spacial score (nSPS) is 11.1. The molecule has 1 heterocycles. The maximum atomic E-state index is 12.6. The van der Waals surface area contributed by atoms with Crippen molar-refractivity contribution in [2.75, 3.05) is 0 Å². The van der Waals surface area contributed by atoms with E-state index >= 15 is 0 Å². The second-order valence-corrected chi connectivity index (χ2v) is 6.16. The molecule has 0 aliphatic heterocycles. The van der Waals surface area contributed by atoms with Gasteiger partial charge in [-0.15, -0.1) is 0 Å². The van der Waals surface area contributed by atoms with Crippen LogP contribution in [-0.4, -0.2) is 15.7 Å². The maximum absolute atomic E-state index is 12.6. The minimum atomic E-state index is -0.0496. The summed E-state index contributed by atoms with van der Waals surface area (Å²) in [6, 6.07) is 7.64. The van der Waals surface area contributed by atoms with Gasteiger partial charge >= 0.3 is 0 Å². The summed E-state index contributed by atoms with van der Waals surface area (Å²) in [6.07, 6.45) is 2.10. The molecule has 3 nitrogen and oxygen atoms in total. The van der Waals surface area contributed by atoms with Gasteiger partial charge in [-0.05, 0) is 57.2 Å². The predicted octanol–water partition coefficient (Wildman–Crippen LogP) is 4.09. The van der Waals surface area contributed by atoms with Gasteiger partial charge in [0.1, 0.15) is 0 Å². The summed E-state index contributed by atoms with van der Waals surface area (Å²) < 4.78 is 1.55. The fourth-order valence-electron chi connectivity index (χ4n) is 2.49. The molecule has 2 aromatic rings. The summed E-state index contributed by atoms with van der Waals surface area (Å²) >= 11 is 0. The molecule has 3 heteroatoms. The number of nitrogens with zero attached hydrogens (tertiary/aromatic N) is 2. The molecule has 1 aromatic heterocycles. The van der Waals surface area contributed by atoms with Crippen molar-refractivity contribution in [1.29, 1.82) is 0 Å². The largest absolute Gasteiger partial charge is 0.278 e. The molecule has 0 unspecified atom stereocenters. The third-order valence-electron chi connectivity index (χ3n) is 3.90. The van der Waals surface area contributed by atoms with Crippen LogP contribution in [0, 0.1) is 26.7 Å². The summed E-state index contributed by atoms with van der Waals surface area (Å²) in [7, 11) is 0. The number of benzene rings is 1. The third kappa shape index (κ3) is 3.41. The smallest absolute Gasteiger partial charge is 0.267 e. The Morgan fingerprint density at radius 2 is 1.76 bits per heavy atom. The fraction of sp³-hybridized carbons (Fsp3) is 0.444. The highest BCUT2D eigenvalue weighted by Crippen LogP contribution is 2.18. The zero-order chi connectivity index (χ0) is 15.6. The maximum Gasteiger partial charge on any atom is 0.278 e. The summed E-state index contributed by atoms with van der Waals surface area (Å²) in [5.74, 6) is 0.603. The molecule has 0 aliphatic rings. The second-order valence-electron chi connectivity index (χ2n) is 6.16. The van der Waals surface area contributed by atoms with Gasteiger partial charge in [0.25, 0.3) is 5.91 Å². The molecule has 21 heavy (non-hydrogen) atoms. The Labute approximate surface area is 127 Å². The Kier molecular flexibility index (Phi) is 4.61. The van der Waals surface area contributed by atoms with Crippen LogP contribution in [-0.2, 0) is 6.42 Å². The number of carbonyl (C=O) groups is 1. The van der Waals surface area contributed by atoms with Crippen LogP contribution in [0.4, 0.5) is 0 Å². The van der Waals surface area contributed by atoms with Crippen LogP contribution in [0.3, 0.4) is 0 Å². The van der Waals surface area contributed by atoms with E-state index in [4.69, 9.17) is 0 Å². The van der Waals surface area contributed by atoms with Crippen LogP contribution in [0.25, 0.3) is 0 Å². The molecular weight excluding hydrogens is 260 g/mol. The van der Waals surface area contributed by atoms with Crippen molar-refractivity contribution in [1.82, 2.24) is 9.78 Å². The Morgan fingerprint density at radius 1 is 1.14 bits per heavy atom. The molecule has 112 valence electrons. The SMILES string of the molecule is Cc1ccc(C(=O)n2nc(C)c(CCC(C)C)c2C)cc1. The lowest BCUT2D eigenvalue weighted by atomic mass is 10.0. The van der Waals surface area contributed by atoms with Crippen molar-refractivity contribution in [3.05, 3.63) is 52.3 Å². The van der Waals surface area contributed by atoms with Crippen molar-refractivity contribution in [3.8, 4) is 0 Å². The lowest BCUT2D eigenvalue weighted by Crippen LogP contribution is -2.15. The quantitative estimate of drug-likeness (QED) is 0.847. The average molecular weight is 284 g/mol. The minimum Gasteiger partial charge on any atom is -0.267 e. The molecule has 0 saturated carbocycles. The first kappa shape index (κ1) is 15.5. The van der Waals surface area contributed by atoms with Gasteiger partial charge in [-0.3, -0.25) is 4.79 Å². The Bertz CT molecular complexity index is 636. The summed E-state index contributed by atoms with van der Waals surface area (Å²) in [4.78, 5) is 12.6. The van der Waals surface area contributed by atoms with E-state index in [-0.39, 0.29) is 5.91 Å². The van der Waals surface area contributed by atoms with Gasteiger partial charge in [-0.25, -0.2) is 4.68 Å². The lowest BCUT2D eigenvalue weighted by molar-refractivity contribution is 0.0942. The number of aryl methyl sites for hydroxylation is 2. The first-order valence-electron chi connectivity index (χ1n) is 7.56. The van der Waals surface area contributed by atoms with E-state index < -0.39 is 0 Å². The van der Waals surface area contributed by atoms with E-state index in [1.165, 1.54) is 5.56 Å². The van der Waals surface area contributed by atoms with E-state index in [1.807, 2.05) is 45.0 Å². The monoisotopic (exact) mass is 284 g/mol. The summed E-state index contributed by atoms with van der Waals surface area (Å²) in [5.41, 5.74) is 4.98. The van der Waals surface area contributed by atoms with E-state index in [1.54, 1.807) is 4.68 Å². The van der Waals surface area contributed by atoms with Crippen LogP contribution >= 0.6 is 0 Å². The topological polar surface area (TPSA) is 34.9 Å². The summed E-state index contributed by atoms with van der Waals surface area (Å²) in [6.45, 7) is 10.4. The van der Waals surface area contributed by atoms with E-state index in [2.05, 4.69) is 18.9 Å². The second kappa shape index (κ2) is 6.25. The van der Waals surface area contributed by atoms with E-state index in [9.17, 15) is 4.79 Å². The average Bonchev–Trinajstić information content (AvgIpc) is 2.72. The Morgan fingerprint density at radius 3 is 2.33 bits per heavy atom. The van der Waals surface area contributed by atoms with Crippen molar-refractivity contribution in [2.24, 2.45) is 5.92 Å². The predicted molar refractivity (Wildman–Crippen MR) is 85.8 cm³/mol. The van der Waals surface area contributed by atoms with Crippen molar-refractivity contribution in [3.63, 3.8) is 0 Å². The highest BCUT2D eigenvalue weighted by molar-refractivity contribution is 5.95. The number of hydrogen-bond donors (Lipinski definition) is 0. The molecule has 2 rings (SSSR count). The molecule has 0 fully saturated rings. The van der Waals surface area contributed by atoms with Crippen LogP contribution in [0.1, 0.15) is 53.1 Å². The molecule has 0 atom stereocenters. The number of aromatic nitrogens is 2. The van der Waals surface area contributed by atoms with Crippen LogP contribution < -0.4 is 0 Å². The zero-order valence-electron chi connectivity index (χ0n) is 13.6. The fourth-order valence-corrected chi connectivity index (χ4v) is 2.49. The third-order valence-corrected chi connectivity index (χ3v) is 3.90. The zero-order valence-corrected chi connectivity index (χ0v) is 13.6. The van der Waals surface area contributed by atoms with Gasteiger partial charge in [-0.2, -0.15) is 5.10 Å². The van der Waals surface area contributed by atoms with Crippen LogP contribution in [0.2, 0.25) is 0 Å². The molecule has 0 radical (unpaired) electrons. The molecular formula is C18H24N2O. The number of hydrogen-bond acceptors (Lipinski definition) is 2. The van der Waals surface area contributed by atoms with Gasteiger partial charge < -0.3 is 0 Å². The lowest BCUT2D eigenvalue weighted by Gasteiger charge is -2.06. The molecule has 0 aliphatic carbocycles. The molecule has 0 spiro atoms. The van der Waals surface area contributed by atoms with Crippen molar-refractivity contribution < 1.29 is 4.79 Å². The number of rotatable bonds is 4. The first-order chi connectivity index (χ1) is 9.90. The molecule has 0 N–H and O–H groups in total. The highest BCUT2D eigenvalue weighted by Gasteiger charge is 2.17. The molecule has 0 bridgehead atoms. The standard InChI is InChI=1S/C18H24N2O/c1-12(2)6-11-17-14(4)19-20(15(17)5)18(21)16-9-7-13(3)8-10-16/h7-10,12H,6,11H2,1-5H3. The highest BCUT2D eigenvalue weighted by atomic mass is 16.2. The van der Waals surface area contributed by atoms with Crippen LogP contribution in [0.5, 0.6) is 0 Å². The molecule has 1 aromatic carbocycles. The van der Waals surface area contributed by atoms with Crippen molar-refractivity contribution in [2.45, 2.75) is 47.5 Å². The van der Waals surface area contributed by atoms with Gasteiger partial charge in [0.2, 0.25) is 0 Å². The van der Waals surface area contributed by atoms with Gasteiger partial charge in [0, 0.05) is 11.3 Å². The van der Waals surface area contributed by atoms with Gasteiger partial charge in [0.05, 0.1) is 5.69 Å². The van der Waals surface area contributed by atoms with Gasteiger partial charge in [-0.1, -0.05) is 31.5 Å². The van der Waals surface area contributed by atoms with Crippen LogP contribution in [0.15, 0.2) is 24.3 Å². The molecule has 0 saturated heterocycles. The summed E-state index contributed by atoms with van der Waals surface area (Å²) in [5, 5.41) is 4.45.